The fourth-order valence-electron chi connectivity index (χ4n) is 3.24. The van der Waals surface area contributed by atoms with Gasteiger partial charge in [0.1, 0.15) is 12.5 Å². The Hall–Kier alpha value is -3.13. The molecule has 0 bridgehead atoms. The number of ether oxygens (including phenoxy) is 1. The molecule has 8 heteroatoms. The number of rotatable bonds is 5. The maximum Gasteiger partial charge on any atom is 0.310 e. The van der Waals surface area contributed by atoms with Gasteiger partial charge in [0.25, 0.3) is 5.91 Å². The lowest BCUT2D eigenvalue weighted by Crippen LogP contribution is -2.49. The zero-order valence-electron chi connectivity index (χ0n) is 15.4. The lowest BCUT2D eigenvalue weighted by atomic mass is 9.94. The number of amides is 1. The smallest absolute Gasteiger partial charge is 0.310 e. The fraction of sp³-hybridized carbons (Fsp3) is 0.350. The number of aliphatic carboxylic acids is 1. The second-order valence-electron chi connectivity index (χ2n) is 6.79. The van der Waals surface area contributed by atoms with Gasteiger partial charge < -0.3 is 24.4 Å². The zero-order chi connectivity index (χ0) is 20.3. The maximum absolute atomic E-state index is 13.1. The van der Waals surface area contributed by atoms with Crippen LogP contribution < -0.4 is 10.2 Å². The largest absolute Gasteiger partial charge is 0.483 e. The molecule has 2 atom stereocenters. The summed E-state index contributed by atoms with van der Waals surface area (Å²) in [4.78, 5) is 38.2. The predicted octanol–water partition coefficient (Wildman–Crippen LogP) is 0.872. The first-order valence-electron chi connectivity index (χ1n) is 8.95. The molecule has 1 aliphatic rings. The number of hydrogen-bond acceptors (Lipinski definition) is 5. The second kappa shape index (κ2) is 8.26. The van der Waals surface area contributed by atoms with Crippen LogP contribution in [0.25, 0.3) is 0 Å². The summed E-state index contributed by atoms with van der Waals surface area (Å²) >= 11 is 0. The molecule has 0 spiro atoms. The standard InChI is InChI=1S/C20H22N2O6/c1-21-9-7-16(24)18(28-12-13-5-3-2-4-6-13)17(21)19(25)22-10-8-15(23)14(11-22)20(26)27/h2-7,9,14-15,23H,8,10-12H2,1H3,(H,26,27)/t14-,15+/m1/s1. The van der Waals surface area contributed by atoms with Gasteiger partial charge in [-0.25, -0.2) is 0 Å². The van der Waals surface area contributed by atoms with Crippen LogP contribution in [0.3, 0.4) is 0 Å². The molecule has 148 valence electrons. The third-order valence-electron chi connectivity index (χ3n) is 4.85. The van der Waals surface area contributed by atoms with Gasteiger partial charge in [-0.05, 0) is 12.0 Å². The van der Waals surface area contributed by atoms with E-state index in [0.29, 0.717) is 0 Å². The average Bonchev–Trinajstić information content (AvgIpc) is 2.69. The van der Waals surface area contributed by atoms with Crippen LogP contribution in [0, 0.1) is 5.92 Å². The molecular formula is C20H22N2O6. The van der Waals surface area contributed by atoms with Crippen molar-refractivity contribution in [2.24, 2.45) is 13.0 Å². The summed E-state index contributed by atoms with van der Waals surface area (Å²) in [7, 11) is 1.62. The third-order valence-corrected chi connectivity index (χ3v) is 4.85. The number of carboxylic acid groups (broad SMARTS) is 1. The molecule has 1 fully saturated rings. The van der Waals surface area contributed by atoms with Crippen LogP contribution in [-0.4, -0.2) is 50.8 Å². The van der Waals surface area contributed by atoms with Gasteiger partial charge in [0.2, 0.25) is 5.43 Å². The molecule has 28 heavy (non-hydrogen) atoms. The lowest BCUT2D eigenvalue weighted by Gasteiger charge is -2.34. The number of piperidine rings is 1. The van der Waals surface area contributed by atoms with Crippen LogP contribution in [0.1, 0.15) is 22.5 Å². The van der Waals surface area contributed by atoms with Crippen LogP contribution in [0.2, 0.25) is 0 Å². The summed E-state index contributed by atoms with van der Waals surface area (Å²) in [5, 5.41) is 19.1. The van der Waals surface area contributed by atoms with E-state index in [1.54, 1.807) is 7.05 Å². The molecule has 0 saturated carbocycles. The Labute approximate surface area is 161 Å². The highest BCUT2D eigenvalue weighted by Crippen LogP contribution is 2.22. The van der Waals surface area contributed by atoms with Crippen LogP contribution >= 0.6 is 0 Å². The van der Waals surface area contributed by atoms with Gasteiger partial charge in [0, 0.05) is 32.4 Å². The minimum absolute atomic E-state index is 0.0592. The highest BCUT2D eigenvalue weighted by molar-refractivity contribution is 5.95. The quantitative estimate of drug-likeness (QED) is 0.789. The van der Waals surface area contributed by atoms with Crippen molar-refractivity contribution in [1.29, 1.82) is 0 Å². The van der Waals surface area contributed by atoms with Gasteiger partial charge in [-0.2, -0.15) is 0 Å². The molecule has 1 saturated heterocycles. The van der Waals surface area contributed by atoms with Gasteiger partial charge in [-0.3, -0.25) is 14.4 Å². The van der Waals surface area contributed by atoms with E-state index in [0.717, 1.165) is 5.56 Å². The van der Waals surface area contributed by atoms with Crippen molar-refractivity contribution in [3.8, 4) is 5.75 Å². The van der Waals surface area contributed by atoms with Crippen molar-refractivity contribution < 1.29 is 24.5 Å². The van der Waals surface area contributed by atoms with E-state index in [9.17, 15) is 24.6 Å². The van der Waals surface area contributed by atoms with Gasteiger partial charge >= 0.3 is 5.97 Å². The Morgan fingerprint density at radius 1 is 1.21 bits per heavy atom. The van der Waals surface area contributed by atoms with Crippen LogP contribution in [0.5, 0.6) is 5.75 Å². The van der Waals surface area contributed by atoms with E-state index in [2.05, 4.69) is 0 Å². The van der Waals surface area contributed by atoms with Crippen LogP contribution in [0.4, 0.5) is 0 Å². The van der Waals surface area contributed by atoms with E-state index in [1.165, 1.54) is 21.7 Å². The van der Waals surface area contributed by atoms with Gasteiger partial charge in [0.05, 0.1) is 6.10 Å². The average molecular weight is 386 g/mol. The van der Waals surface area contributed by atoms with Crippen LogP contribution in [-0.2, 0) is 18.4 Å². The van der Waals surface area contributed by atoms with Crippen LogP contribution in [0.15, 0.2) is 47.4 Å². The number of hydrogen-bond donors (Lipinski definition) is 2. The molecule has 1 aromatic carbocycles. The number of likely N-dealkylation sites (tertiary alicyclic amines) is 1. The first-order valence-corrected chi connectivity index (χ1v) is 8.95. The number of pyridine rings is 1. The molecule has 0 radical (unpaired) electrons. The summed E-state index contributed by atoms with van der Waals surface area (Å²) in [6.07, 6.45) is 0.622. The summed E-state index contributed by atoms with van der Waals surface area (Å²) in [5.74, 6) is -2.79. The number of carbonyl (C=O) groups is 2. The molecule has 3 rings (SSSR count). The van der Waals surface area contributed by atoms with Crippen molar-refractivity contribution in [2.45, 2.75) is 19.1 Å². The number of carbonyl (C=O) groups excluding carboxylic acids is 1. The van der Waals surface area contributed by atoms with E-state index in [4.69, 9.17) is 4.74 Å². The highest BCUT2D eigenvalue weighted by Gasteiger charge is 2.36. The second-order valence-corrected chi connectivity index (χ2v) is 6.79. The van der Waals surface area contributed by atoms with Crippen molar-refractivity contribution >= 4 is 11.9 Å². The van der Waals surface area contributed by atoms with Crippen molar-refractivity contribution in [2.75, 3.05) is 13.1 Å². The number of aliphatic hydroxyl groups excluding tert-OH is 1. The van der Waals surface area contributed by atoms with E-state index >= 15 is 0 Å². The lowest BCUT2D eigenvalue weighted by molar-refractivity contribution is -0.148. The Kier molecular flexibility index (Phi) is 5.79. The Balaban J connectivity index is 1.88. The normalized spacial score (nSPS) is 19.3. The SMILES string of the molecule is Cn1ccc(=O)c(OCc2ccccc2)c1C(=O)N1CC[C@H](O)[C@H](C(=O)O)C1. The fourth-order valence-corrected chi connectivity index (χ4v) is 3.24. The van der Waals surface area contributed by atoms with E-state index in [1.807, 2.05) is 30.3 Å². The van der Waals surface area contributed by atoms with Crippen molar-refractivity contribution in [1.82, 2.24) is 9.47 Å². The summed E-state index contributed by atoms with van der Waals surface area (Å²) in [6.45, 7) is 0.193. The Morgan fingerprint density at radius 3 is 2.61 bits per heavy atom. The number of carboxylic acids is 1. The van der Waals surface area contributed by atoms with Gasteiger partial charge in [0.15, 0.2) is 11.4 Å². The Morgan fingerprint density at radius 2 is 1.93 bits per heavy atom. The van der Waals surface area contributed by atoms with Crippen molar-refractivity contribution in [3.63, 3.8) is 0 Å². The number of aryl methyl sites for hydroxylation is 1. The molecule has 0 aliphatic carbocycles. The molecule has 1 aromatic heterocycles. The first-order chi connectivity index (χ1) is 13.4. The first kappa shape index (κ1) is 19.6. The minimum atomic E-state index is -1.16. The highest BCUT2D eigenvalue weighted by atomic mass is 16.5. The van der Waals surface area contributed by atoms with Crippen molar-refractivity contribution in [3.05, 3.63) is 64.1 Å². The summed E-state index contributed by atoms with van der Waals surface area (Å²) in [6, 6.07) is 10.6. The molecule has 2 N–H and O–H groups in total. The maximum atomic E-state index is 13.1. The minimum Gasteiger partial charge on any atom is -0.483 e. The molecule has 8 nitrogen and oxygen atoms in total. The molecule has 2 aromatic rings. The Bertz CT molecular complexity index is 924. The number of nitrogens with zero attached hydrogens (tertiary/aromatic N) is 2. The number of aromatic nitrogens is 1. The van der Waals surface area contributed by atoms with E-state index in [-0.39, 0.29) is 37.6 Å². The summed E-state index contributed by atoms with van der Waals surface area (Å²) < 4.78 is 7.19. The summed E-state index contributed by atoms with van der Waals surface area (Å²) in [5.41, 5.74) is 0.479. The number of aliphatic hydroxyl groups is 1. The molecular weight excluding hydrogens is 364 g/mol. The molecule has 0 unspecified atom stereocenters. The zero-order valence-corrected chi connectivity index (χ0v) is 15.4. The number of benzene rings is 1. The molecule has 1 amide bonds. The monoisotopic (exact) mass is 386 g/mol. The molecule has 1 aliphatic heterocycles. The predicted molar refractivity (Wildman–Crippen MR) is 100 cm³/mol. The molecule has 2 heterocycles. The van der Waals surface area contributed by atoms with Gasteiger partial charge in [-0.15, -0.1) is 0 Å². The third kappa shape index (κ3) is 4.07. The van der Waals surface area contributed by atoms with E-state index < -0.39 is 29.3 Å². The topological polar surface area (TPSA) is 109 Å². The van der Waals surface area contributed by atoms with Gasteiger partial charge in [-0.1, -0.05) is 30.3 Å².